The third-order valence-electron chi connectivity index (χ3n) is 3.10. The summed E-state index contributed by atoms with van der Waals surface area (Å²) in [5.41, 5.74) is 3.06. The van der Waals surface area contributed by atoms with Crippen LogP contribution in [0.15, 0.2) is 34.8 Å². The van der Waals surface area contributed by atoms with E-state index in [9.17, 15) is 4.79 Å². The Morgan fingerprint density at radius 3 is 2.38 bits per heavy atom. The van der Waals surface area contributed by atoms with Gasteiger partial charge in [0.15, 0.2) is 0 Å². The Hall–Kier alpha value is -1.52. The number of aromatic carboxylic acids is 1. The highest BCUT2D eigenvalue weighted by Gasteiger charge is 2.10. The fourth-order valence-electron chi connectivity index (χ4n) is 2.07. The van der Waals surface area contributed by atoms with Gasteiger partial charge < -0.3 is 9.84 Å². The summed E-state index contributed by atoms with van der Waals surface area (Å²) in [6.07, 6.45) is 0. The summed E-state index contributed by atoms with van der Waals surface area (Å²) in [6, 6.07) is 8.59. The van der Waals surface area contributed by atoms with E-state index in [1.807, 2.05) is 26.0 Å². The summed E-state index contributed by atoms with van der Waals surface area (Å²) in [5, 5.41) is 9.63. The molecule has 2 rings (SSSR count). The Morgan fingerprint density at radius 1 is 1.24 bits per heavy atom. The molecule has 0 heterocycles. The zero-order valence-corrected chi connectivity index (χ0v) is 14.0. The second-order valence-corrected chi connectivity index (χ2v) is 6.06. The highest BCUT2D eigenvalue weighted by molar-refractivity contribution is 9.10. The van der Waals surface area contributed by atoms with Crippen LogP contribution < -0.4 is 4.74 Å². The summed E-state index contributed by atoms with van der Waals surface area (Å²) in [6.45, 7) is 4.23. The maximum absolute atomic E-state index is 10.9. The molecule has 0 unspecified atom stereocenters. The van der Waals surface area contributed by atoms with Gasteiger partial charge in [0.1, 0.15) is 12.4 Å². The third kappa shape index (κ3) is 3.77. The average Bonchev–Trinajstić information content (AvgIpc) is 2.38. The van der Waals surface area contributed by atoms with Gasteiger partial charge in [0, 0.05) is 15.1 Å². The number of ether oxygens (including phenoxy) is 1. The van der Waals surface area contributed by atoms with Crippen molar-refractivity contribution in [1.82, 2.24) is 0 Å². The predicted molar refractivity (Wildman–Crippen MR) is 86.4 cm³/mol. The van der Waals surface area contributed by atoms with Crippen LogP contribution in [0.3, 0.4) is 0 Å². The van der Waals surface area contributed by atoms with Crippen molar-refractivity contribution in [2.45, 2.75) is 20.5 Å². The normalized spacial score (nSPS) is 10.5. The minimum atomic E-state index is -0.951. The lowest BCUT2D eigenvalue weighted by Gasteiger charge is -2.13. The number of halogens is 2. The monoisotopic (exact) mass is 368 g/mol. The quantitative estimate of drug-likeness (QED) is 0.825. The highest BCUT2D eigenvalue weighted by Crippen LogP contribution is 2.29. The van der Waals surface area contributed by atoms with Crippen molar-refractivity contribution < 1.29 is 14.6 Å². The summed E-state index contributed by atoms with van der Waals surface area (Å²) >= 11 is 9.37. The summed E-state index contributed by atoms with van der Waals surface area (Å²) in [5.74, 6) is -0.152. The highest BCUT2D eigenvalue weighted by atomic mass is 79.9. The summed E-state index contributed by atoms with van der Waals surface area (Å²) in [4.78, 5) is 10.9. The molecule has 2 aromatic carbocycles. The van der Waals surface area contributed by atoms with Gasteiger partial charge in [-0.2, -0.15) is 0 Å². The van der Waals surface area contributed by atoms with E-state index in [4.69, 9.17) is 21.4 Å². The van der Waals surface area contributed by atoms with Gasteiger partial charge >= 0.3 is 5.97 Å². The Morgan fingerprint density at radius 2 is 1.86 bits per heavy atom. The average molecular weight is 370 g/mol. The number of carboxylic acids is 1. The number of hydrogen-bond acceptors (Lipinski definition) is 2. The third-order valence-corrected chi connectivity index (χ3v) is 4.05. The van der Waals surface area contributed by atoms with Crippen molar-refractivity contribution in [2.24, 2.45) is 0 Å². The van der Waals surface area contributed by atoms with Crippen LogP contribution in [0.5, 0.6) is 5.75 Å². The van der Waals surface area contributed by atoms with Gasteiger partial charge in [0.05, 0.1) is 5.56 Å². The molecular weight excluding hydrogens is 356 g/mol. The molecule has 3 nitrogen and oxygen atoms in total. The van der Waals surface area contributed by atoms with Gasteiger partial charge in [-0.25, -0.2) is 4.79 Å². The van der Waals surface area contributed by atoms with Gasteiger partial charge in [-0.05, 0) is 49.2 Å². The molecule has 0 atom stereocenters. The predicted octanol–water partition coefficient (Wildman–Crippen LogP) is 5.00. The molecule has 5 heteroatoms. The molecule has 0 aliphatic rings. The molecule has 0 aromatic heterocycles. The molecule has 21 heavy (non-hydrogen) atoms. The molecule has 0 bridgehead atoms. The van der Waals surface area contributed by atoms with Gasteiger partial charge in [-0.1, -0.05) is 33.6 Å². The molecule has 0 aliphatic heterocycles. The number of aryl methyl sites for hydroxylation is 2. The van der Waals surface area contributed by atoms with Crippen molar-refractivity contribution in [3.05, 3.63) is 62.1 Å². The first-order valence-corrected chi connectivity index (χ1v) is 7.47. The molecule has 0 saturated heterocycles. The van der Waals surface area contributed by atoms with Gasteiger partial charge in [0.2, 0.25) is 0 Å². The molecule has 0 fully saturated rings. The standard InChI is InChI=1S/C16H14BrClO3/c1-9-5-13(18)6-10(2)15(9)21-8-12-4-3-11(16(19)20)7-14(12)17/h3-7H,8H2,1-2H3,(H,19,20). The number of carboxylic acid groups (broad SMARTS) is 1. The Labute approximate surface area is 136 Å². The molecule has 0 spiro atoms. The number of benzene rings is 2. The molecular formula is C16H14BrClO3. The fraction of sp³-hybridized carbons (Fsp3) is 0.188. The van der Waals surface area contributed by atoms with E-state index in [0.717, 1.165) is 22.4 Å². The second-order valence-electron chi connectivity index (χ2n) is 4.77. The minimum absolute atomic E-state index is 0.240. The van der Waals surface area contributed by atoms with E-state index in [2.05, 4.69) is 15.9 Å². The minimum Gasteiger partial charge on any atom is -0.488 e. The Balaban J connectivity index is 2.19. The largest absolute Gasteiger partial charge is 0.488 e. The maximum Gasteiger partial charge on any atom is 0.335 e. The smallest absolute Gasteiger partial charge is 0.335 e. The Kier molecular flexibility index (Phi) is 4.91. The molecule has 2 aromatic rings. The van der Waals surface area contributed by atoms with Crippen molar-refractivity contribution >= 4 is 33.5 Å². The summed E-state index contributed by atoms with van der Waals surface area (Å²) < 4.78 is 6.57. The first-order valence-electron chi connectivity index (χ1n) is 6.29. The van der Waals surface area contributed by atoms with Gasteiger partial charge in [-0.15, -0.1) is 0 Å². The van der Waals surface area contributed by atoms with Crippen LogP contribution in [0.4, 0.5) is 0 Å². The van der Waals surface area contributed by atoms with Gasteiger partial charge in [0.25, 0.3) is 0 Å². The van der Waals surface area contributed by atoms with Gasteiger partial charge in [-0.3, -0.25) is 0 Å². The topological polar surface area (TPSA) is 46.5 Å². The van der Waals surface area contributed by atoms with Crippen LogP contribution >= 0.6 is 27.5 Å². The van der Waals surface area contributed by atoms with E-state index in [1.54, 1.807) is 18.2 Å². The zero-order chi connectivity index (χ0) is 15.6. The van der Waals surface area contributed by atoms with Crippen molar-refractivity contribution in [3.63, 3.8) is 0 Å². The van der Waals surface area contributed by atoms with E-state index in [1.165, 1.54) is 0 Å². The lowest BCUT2D eigenvalue weighted by atomic mass is 10.1. The first kappa shape index (κ1) is 15.9. The van der Waals surface area contributed by atoms with Crippen molar-refractivity contribution in [1.29, 1.82) is 0 Å². The van der Waals surface area contributed by atoms with E-state index in [-0.39, 0.29) is 5.56 Å². The van der Waals surface area contributed by atoms with E-state index < -0.39 is 5.97 Å². The molecule has 1 N–H and O–H groups in total. The second kappa shape index (κ2) is 6.50. The molecule has 110 valence electrons. The molecule has 0 aliphatic carbocycles. The molecule has 0 saturated carbocycles. The van der Waals surface area contributed by atoms with Crippen LogP contribution in [0.2, 0.25) is 5.02 Å². The van der Waals surface area contributed by atoms with Crippen LogP contribution in [-0.2, 0) is 6.61 Å². The fourth-order valence-corrected chi connectivity index (χ4v) is 2.89. The van der Waals surface area contributed by atoms with Crippen molar-refractivity contribution in [3.8, 4) is 5.75 Å². The SMILES string of the molecule is Cc1cc(Cl)cc(C)c1OCc1ccc(C(=O)O)cc1Br. The lowest BCUT2D eigenvalue weighted by molar-refractivity contribution is 0.0696. The molecule has 0 amide bonds. The van der Waals surface area contributed by atoms with Crippen LogP contribution in [0.1, 0.15) is 27.0 Å². The first-order chi connectivity index (χ1) is 9.88. The number of hydrogen-bond donors (Lipinski definition) is 1. The van der Waals surface area contributed by atoms with Crippen LogP contribution in [0, 0.1) is 13.8 Å². The summed E-state index contributed by atoms with van der Waals surface area (Å²) in [7, 11) is 0. The Bertz CT molecular complexity index is 675. The van der Waals surface area contributed by atoms with E-state index >= 15 is 0 Å². The zero-order valence-electron chi connectivity index (χ0n) is 11.6. The maximum atomic E-state index is 10.9. The number of carbonyl (C=O) groups is 1. The van der Waals surface area contributed by atoms with Crippen molar-refractivity contribution in [2.75, 3.05) is 0 Å². The van der Waals surface area contributed by atoms with Crippen LogP contribution in [-0.4, -0.2) is 11.1 Å². The molecule has 0 radical (unpaired) electrons. The number of rotatable bonds is 4. The van der Waals surface area contributed by atoms with Crippen LogP contribution in [0.25, 0.3) is 0 Å². The lowest BCUT2D eigenvalue weighted by Crippen LogP contribution is -2.02. The van der Waals surface area contributed by atoms with E-state index in [0.29, 0.717) is 16.1 Å².